The average Bonchev–Trinajstić information content (AvgIpc) is 2.36. The number of rotatable bonds is 7. The molecule has 110 valence electrons. The number of carbonyl (C=O) groups excluding carboxylic acids is 2. The molecule has 0 saturated heterocycles. The molecule has 1 rings (SSSR count). The van der Waals surface area contributed by atoms with Gasteiger partial charge in [-0.15, -0.1) is 0 Å². The Morgan fingerprint density at radius 2 is 1.80 bits per heavy atom. The van der Waals surface area contributed by atoms with Crippen molar-refractivity contribution in [2.75, 3.05) is 18.8 Å². The quantitative estimate of drug-likeness (QED) is 0.733. The van der Waals surface area contributed by atoms with E-state index < -0.39 is 5.91 Å². The molecule has 5 heteroatoms. The molecule has 0 aliphatic heterocycles. The van der Waals surface area contributed by atoms with E-state index in [4.69, 9.17) is 11.5 Å². The Morgan fingerprint density at radius 1 is 1.20 bits per heavy atom. The summed E-state index contributed by atoms with van der Waals surface area (Å²) in [5.41, 5.74) is 12.6. The minimum absolute atomic E-state index is 0.0151. The number of nitrogen functional groups attached to an aromatic ring is 1. The highest BCUT2D eigenvalue weighted by Crippen LogP contribution is 2.09. The van der Waals surface area contributed by atoms with Gasteiger partial charge in [0.1, 0.15) is 0 Å². The van der Waals surface area contributed by atoms with E-state index in [1.54, 1.807) is 0 Å². The van der Waals surface area contributed by atoms with Crippen molar-refractivity contribution in [3.8, 4) is 0 Å². The summed E-state index contributed by atoms with van der Waals surface area (Å²) < 4.78 is 0. The summed E-state index contributed by atoms with van der Waals surface area (Å²) in [4.78, 5) is 24.7. The van der Waals surface area contributed by atoms with Gasteiger partial charge >= 0.3 is 0 Å². The van der Waals surface area contributed by atoms with Crippen molar-refractivity contribution < 1.29 is 9.59 Å². The zero-order valence-corrected chi connectivity index (χ0v) is 12.1. The van der Waals surface area contributed by atoms with Crippen molar-refractivity contribution in [2.45, 2.75) is 26.7 Å². The molecule has 0 bridgehead atoms. The first kappa shape index (κ1) is 16.0. The summed E-state index contributed by atoms with van der Waals surface area (Å²) in [5, 5.41) is 0. The maximum absolute atomic E-state index is 12.1. The third kappa shape index (κ3) is 5.73. The van der Waals surface area contributed by atoms with Crippen LogP contribution in [0.15, 0.2) is 24.3 Å². The second kappa shape index (κ2) is 7.53. The number of anilines is 1. The van der Waals surface area contributed by atoms with Gasteiger partial charge in [-0.1, -0.05) is 26.0 Å². The molecule has 0 atom stereocenters. The van der Waals surface area contributed by atoms with Crippen molar-refractivity contribution in [3.63, 3.8) is 0 Å². The Labute approximate surface area is 119 Å². The maximum Gasteiger partial charge on any atom is 0.237 e. The summed E-state index contributed by atoms with van der Waals surface area (Å²) in [6.45, 7) is 4.53. The second-order valence-electron chi connectivity index (χ2n) is 5.38. The van der Waals surface area contributed by atoms with Crippen LogP contribution in [0.3, 0.4) is 0 Å². The Morgan fingerprint density at radius 3 is 2.30 bits per heavy atom. The number of benzene rings is 1. The standard InChI is InChI=1S/C15H23N3O2/c1-11(2)9-18(10-14(17)19)15(20)8-5-12-3-6-13(16)7-4-12/h3-4,6-7,11H,5,8-10,16H2,1-2H3,(H2,17,19). The minimum Gasteiger partial charge on any atom is -0.399 e. The lowest BCUT2D eigenvalue weighted by Crippen LogP contribution is -2.40. The maximum atomic E-state index is 12.1. The molecule has 5 nitrogen and oxygen atoms in total. The van der Waals surface area contributed by atoms with Gasteiger partial charge in [-0.3, -0.25) is 9.59 Å². The fourth-order valence-electron chi connectivity index (χ4n) is 1.98. The molecule has 0 aromatic heterocycles. The Hall–Kier alpha value is -2.04. The van der Waals surface area contributed by atoms with Crippen LogP contribution in [0.25, 0.3) is 0 Å². The van der Waals surface area contributed by atoms with Gasteiger partial charge in [0.15, 0.2) is 0 Å². The van der Waals surface area contributed by atoms with E-state index in [2.05, 4.69) is 0 Å². The van der Waals surface area contributed by atoms with Gasteiger partial charge in [-0.05, 0) is 30.0 Å². The SMILES string of the molecule is CC(C)CN(CC(N)=O)C(=O)CCc1ccc(N)cc1. The number of hydrogen-bond acceptors (Lipinski definition) is 3. The molecule has 0 radical (unpaired) electrons. The third-order valence-corrected chi connectivity index (χ3v) is 2.89. The summed E-state index contributed by atoms with van der Waals surface area (Å²) in [6.07, 6.45) is 0.996. The van der Waals surface area contributed by atoms with Gasteiger partial charge in [0.2, 0.25) is 11.8 Å². The fourth-order valence-corrected chi connectivity index (χ4v) is 1.98. The molecule has 4 N–H and O–H groups in total. The Balaban J connectivity index is 2.56. The zero-order valence-electron chi connectivity index (χ0n) is 12.1. The van der Waals surface area contributed by atoms with Crippen molar-refractivity contribution >= 4 is 17.5 Å². The number of carbonyl (C=O) groups is 2. The molecule has 2 amide bonds. The summed E-state index contributed by atoms with van der Waals surface area (Å²) in [5.74, 6) is -0.226. The topological polar surface area (TPSA) is 89.4 Å². The highest BCUT2D eigenvalue weighted by Gasteiger charge is 2.16. The first-order chi connectivity index (χ1) is 9.38. The predicted octanol–water partition coefficient (Wildman–Crippen LogP) is 1.17. The third-order valence-electron chi connectivity index (χ3n) is 2.89. The monoisotopic (exact) mass is 277 g/mol. The lowest BCUT2D eigenvalue weighted by atomic mass is 10.1. The molecule has 0 saturated carbocycles. The number of nitrogens with two attached hydrogens (primary N) is 2. The smallest absolute Gasteiger partial charge is 0.237 e. The van der Waals surface area contributed by atoms with Crippen LogP contribution < -0.4 is 11.5 Å². The average molecular weight is 277 g/mol. The van der Waals surface area contributed by atoms with Gasteiger partial charge < -0.3 is 16.4 Å². The van der Waals surface area contributed by atoms with Crippen molar-refractivity contribution in [3.05, 3.63) is 29.8 Å². The first-order valence-corrected chi connectivity index (χ1v) is 6.79. The van der Waals surface area contributed by atoms with Gasteiger partial charge in [-0.2, -0.15) is 0 Å². The number of hydrogen-bond donors (Lipinski definition) is 2. The van der Waals surface area contributed by atoms with Gasteiger partial charge in [0.25, 0.3) is 0 Å². The molecule has 0 aliphatic rings. The van der Waals surface area contributed by atoms with E-state index >= 15 is 0 Å². The van der Waals surface area contributed by atoms with Gasteiger partial charge in [-0.25, -0.2) is 0 Å². The predicted molar refractivity (Wildman–Crippen MR) is 79.8 cm³/mol. The van der Waals surface area contributed by atoms with Crippen molar-refractivity contribution in [1.29, 1.82) is 0 Å². The van der Waals surface area contributed by atoms with Crippen molar-refractivity contribution in [2.24, 2.45) is 11.7 Å². The molecule has 0 unspecified atom stereocenters. The first-order valence-electron chi connectivity index (χ1n) is 6.79. The molecular formula is C15H23N3O2. The van der Waals surface area contributed by atoms with E-state index in [0.29, 0.717) is 31.0 Å². The largest absolute Gasteiger partial charge is 0.399 e. The summed E-state index contributed by atoms with van der Waals surface area (Å²) in [7, 11) is 0. The molecule has 1 aromatic rings. The van der Waals surface area contributed by atoms with Gasteiger partial charge in [0.05, 0.1) is 6.54 Å². The number of nitrogens with zero attached hydrogens (tertiary/aromatic N) is 1. The second-order valence-corrected chi connectivity index (χ2v) is 5.38. The normalized spacial score (nSPS) is 10.6. The van der Waals surface area contributed by atoms with Crippen LogP contribution >= 0.6 is 0 Å². The van der Waals surface area contributed by atoms with Crippen LogP contribution in [0.5, 0.6) is 0 Å². The van der Waals surface area contributed by atoms with E-state index in [-0.39, 0.29) is 12.5 Å². The van der Waals surface area contributed by atoms with E-state index in [1.165, 1.54) is 4.90 Å². The molecule has 0 fully saturated rings. The van der Waals surface area contributed by atoms with E-state index in [1.807, 2.05) is 38.1 Å². The lowest BCUT2D eigenvalue weighted by molar-refractivity contribution is -0.135. The summed E-state index contributed by atoms with van der Waals surface area (Å²) >= 11 is 0. The number of amides is 2. The lowest BCUT2D eigenvalue weighted by Gasteiger charge is -2.23. The van der Waals surface area contributed by atoms with Crippen LogP contribution in [-0.2, 0) is 16.0 Å². The molecule has 20 heavy (non-hydrogen) atoms. The Bertz CT molecular complexity index is 455. The Kier molecular flexibility index (Phi) is 6.03. The highest BCUT2D eigenvalue weighted by atomic mass is 16.2. The molecular weight excluding hydrogens is 254 g/mol. The van der Waals surface area contributed by atoms with E-state index in [0.717, 1.165) is 5.56 Å². The van der Waals surface area contributed by atoms with Crippen LogP contribution in [0, 0.1) is 5.92 Å². The highest BCUT2D eigenvalue weighted by molar-refractivity contribution is 5.83. The van der Waals surface area contributed by atoms with Crippen LogP contribution in [-0.4, -0.2) is 29.8 Å². The molecule has 0 spiro atoms. The molecule has 0 aliphatic carbocycles. The van der Waals surface area contributed by atoms with Gasteiger partial charge in [0, 0.05) is 18.7 Å². The minimum atomic E-state index is -0.480. The number of primary amides is 1. The summed E-state index contributed by atoms with van der Waals surface area (Å²) in [6, 6.07) is 7.44. The van der Waals surface area contributed by atoms with Crippen LogP contribution in [0.1, 0.15) is 25.8 Å². The molecule has 0 heterocycles. The number of aryl methyl sites for hydroxylation is 1. The zero-order chi connectivity index (χ0) is 15.1. The van der Waals surface area contributed by atoms with E-state index in [9.17, 15) is 9.59 Å². The molecule has 1 aromatic carbocycles. The van der Waals surface area contributed by atoms with Crippen LogP contribution in [0.2, 0.25) is 0 Å². The van der Waals surface area contributed by atoms with Crippen LogP contribution in [0.4, 0.5) is 5.69 Å². The van der Waals surface area contributed by atoms with Crippen molar-refractivity contribution in [1.82, 2.24) is 4.90 Å². The fraction of sp³-hybridized carbons (Fsp3) is 0.467.